The number of Topliss-reactive ketones (excluding diaryl/α,β-unsaturated/α-hetero) is 1. The van der Waals surface area contributed by atoms with Crippen molar-refractivity contribution in [2.75, 3.05) is 39.3 Å². The van der Waals surface area contributed by atoms with Crippen LogP contribution < -0.4 is 10.1 Å². The van der Waals surface area contributed by atoms with Gasteiger partial charge in [0.25, 0.3) is 5.91 Å². The number of carbonyl (C=O) groups excluding carboxylic acids is 2. The number of phenols is 1. The van der Waals surface area contributed by atoms with E-state index < -0.39 is 0 Å². The van der Waals surface area contributed by atoms with Crippen molar-refractivity contribution in [3.63, 3.8) is 0 Å². The summed E-state index contributed by atoms with van der Waals surface area (Å²) in [6.45, 7) is 8.28. The first-order chi connectivity index (χ1) is 16.5. The summed E-state index contributed by atoms with van der Waals surface area (Å²) in [6, 6.07) is 8.96. The van der Waals surface area contributed by atoms with E-state index in [0.717, 1.165) is 49.6 Å². The molecule has 1 fully saturated rings. The van der Waals surface area contributed by atoms with Gasteiger partial charge in [-0.25, -0.2) is 0 Å². The largest absolute Gasteiger partial charge is 0.507 e. The van der Waals surface area contributed by atoms with Crippen molar-refractivity contribution >= 4 is 22.6 Å². The maximum atomic E-state index is 13.3. The monoisotopic (exact) mass is 463 g/mol. The number of fused-ring (bicyclic) bond motifs is 2. The minimum Gasteiger partial charge on any atom is -0.507 e. The maximum absolute atomic E-state index is 13.3. The first-order valence-electron chi connectivity index (χ1n) is 11.7. The second-order valence-corrected chi connectivity index (χ2v) is 8.80. The van der Waals surface area contributed by atoms with Crippen molar-refractivity contribution in [2.45, 2.75) is 26.4 Å². The first kappa shape index (κ1) is 22.4. The zero-order valence-electron chi connectivity index (χ0n) is 19.3. The van der Waals surface area contributed by atoms with Gasteiger partial charge >= 0.3 is 0 Å². The van der Waals surface area contributed by atoms with Crippen LogP contribution in [-0.4, -0.2) is 76.1 Å². The number of hydrogen-bond donors (Lipinski definition) is 3. The number of ketones is 1. The van der Waals surface area contributed by atoms with Crippen molar-refractivity contribution < 1.29 is 19.4 Å². The molecule has 0 radical (unpaired) electrons. The van der Waals surface area contributed by atoms with Gasteiger partial charge in [0.15, 0.2) is 5.78 Å². The van der Waals surface area contributed by atoms with Gasteiger partial charge in [-0.15, -0.1) is 0 Å². The van der Waals surface area contributed by atoms with E-state index in [-0.39, 0.29) is 23.0 Å². The van der Waals surface area contributed by atoms with E-state index in [2.05, 4.69) is 20.4 Å². The van der Waals surface area contributed by atoms with Crippen LogP contribution in [0.15, 0.2) is 30.3 Å². The molecule has 2 aliphatic rings. The van der Waals surface area contributed by atoms with Crippen LogP contribution in [-0.2, 0) is 13.1 Å². The van der Waals surface area contributed by atoms with Crippen LogP contribution in [0.3, 0.4) is 0 Å². The number of nitrogens with zero attached hydrogens (tertiary/aromatic N) is 3. The average molecular weight is 464 g/mol. The van der Waals surface area contributed by atoms with Crippen LogP contribution in [0.2, 0.25) is 0 Å². The summed E-state index contributed by atoms with van der Waals surface area (Å²) in [4.78, 5) is 29.6. The third-order valence-electron chi connectivity index (χ3n) is 6.57. The van der Waals surface area contributed by atoms with Gasteiger partial charge in [-0.2, -0.15) is 5.10 Å². The molecule has 178 valence electrons. The van der Waals surface area contributed by atoms with E-state index in [1.54, 1.807) is 17.9 Å². The summed E-state index contributed by atoms with van der Waals surface area (Å²) in [6.07, 6.45) is 0.311. The Labute approximate surface area is 197 Å². The number of hydrogen-bond acceptors (Lipinski definition) is 7. The summed E-state index contributed by atoms with van der Waals surface area (Å²) < 4.78 is 5.97. The molecule has 9 heteroatoms. The molecule has 5 rings (SSSR count). The molecule has 1 amide bonds. The lowest BCUT2D eigenvalue weighted by Gasteiger charge is -2.26. The van der Waals surface area contributed by atoms with E-state index in [9.17, 15) is 14.7 Å². The highest BCUT2D eigenvalue weighted by Crippen LogP contribution is 2.32. The maximum Gasteiger partial charge on any atom is 0.258 e. The molecule has 2 aromatic carbocycles. The number of aromatic amines is 1. The van der Waals surface area contributed by atoms with Crippen molar-refractivity contribution in [1.82, 2.24) is 25.3 Å². The molecule has 0 saturated carbocycles. The number of aromatic hydroxyl groups is 1. The van der Waals surface area contributed by atoms with E-state index in [1.165, 1.54) is 6.07 Å². The van der Waals surface area contributed by atoms with E-state index >= 15 is 0 Å². The Bertz CT molecular complexity index is 1230. The molecule has 34 heavy (non-hydrogen) atoms. The predicted octanol–water partition coefficient (Wildman–Crippen LogP) is 2.30. The molecule has 9 nitrogen and oxygen atoms in total. The zero-order valence-corrected chi connectivity index (χ0v) is 19.3. The quantitative estimate of drug-likeness (QED) is 0.461. The summed E-state index contributed by atoms with van der Waals surface area (Å²) in [5.41, 5.74) is 3.09. The Morgan fingerprint density at radius 2 is 1.91 bits per heavy atom. The van der Waals surface area contributed by atoms with E-state index in [4.69, 9.17) is 4.74 Å². The fraction of sp³-hybridized carbons (Fsp3) is 0.400. The van der Waals surface area contributed by atoms with Crippen LogP contribution in [0.5, 0.6) is 11.5 Å². The number of nitrogens with one attached hydrogen (secondary N) is 2. The highest BCUT2D eigenvalue weighted by molar-refractivity contribution is 6.09. The molecule has 0 aliphatic carbocycles. The van der Waals surface area contributed by atoms with Crippen LogP contribution in [0.1, 0.15) is 45.3 Å². The number of phenolic OH excluding ortho intramolecular Hbond substituents is 1. The molecule has 0 spiro atoms. The van der Waals surface area contributed by atoms with Crippen LogP contribution >= 0.6 is 0 Å². The standard InChI is InChI=1S/C25H29N5O4/c1-2-22(31)24-19-12-20(23(32)13-21(19)27-28-24)25(33)30-14-16-3-4-18(11-17(16)15-30)34-10-9-29-7-5-26-6-8-29/h3-4,11-13,26,32H,2,5-10,14-15H2,1H3,(H,27,28). The van der Waals surface area contributed by atoms with Crippen LogP contribution in [0.25, 0.3) is 10.9 Å². The van der Waals surface area contributed by atoms with Crippen molar-refractivity contribution in [2.24, 2.45) is 0 Å². The highest BCUT2D eigenvalue weighted by atomic mass is 16.5. The van der Waals surface area contributed by atoms with Gasteiger partial charge in [-0.1, -0.05) is 13.0 Å². The summed E-state index contributed by atoms with van der Waals surface area (Å²) in [5.74, 6) is 0.263. The molecule has 3 N–H and O–H groups in total. The summed E-state index contributed by atoms with van der Waals surface area (Å²) >= 11 is 0. The molecule has 0 atom stereocenters. The number of rotatable bonds is 7. The minimum absolute atomic E-state index is 0.117. The molecule has 0 unspecified atom stereocenters. The topological polar surface area (TPSA) is 111 Å². The van der Waals surface area contributed by atoms with Crippen molar-refractivity contribution in [3.8, 4) is 11.5 Å². The lowest BCUT2D eigenvalue weighted by atomic mass is 10.1. The third-order valence-corrected chi connectivity index (χ3v) is 6.57. The Kier molecular flexibility index (Phi) is 6.21. The number of benzene rings is 2. The molecule has 1 aromatic heterocycles. The second kappa shape index (κ2) is 9.44. The molecule has 0 bridgehead atoms. The smallest absolute Gasteiger partial charge is 0.258 e. The molecule has 1 saturated heterocycles. The lowest BCUT2D eigenvalue weighted by molar-refractivity contribution is 0.0748. The van der Waals surface area contributed by atoms with Gasteiger partial charge in [-0.3, -0.25) is 19.6 Å². The Morgan fingerprint density at radius 3 is 2.71 bits per heavy atom. The average Bonchev–Trinajstić information content (AvgIpc) is 3.47. The van der Waals surface area contributed by atoms with Gasteiger partial charge in [0.1, 0.15) is 23.8 Å². The SMILES string of the molecule is CCC(=O)c1n[nH]c2cc(O)c(C(=O)N3Cc4ccc(OCCN5CCNCC5)cc4C3)cc12. The minimum atomic E-state index is -0.284. The molecular formula is C25H29N5O4. The highest BCUT2D eigenvalue weighted by Gasteiger charge is 2.27. The Hall–Kier alpha value is -3.43. The van der Waals surface area contributed by atoms with Crippen LogP contribution in [0, 0.1) is 0 Å². The van der Waals surface area contributed by atoms with Gasteiger partial charge in [0.05, 0.1) is 11.1 Å². The number of carbonyl (C=O) groups is 2. The number of piperazine rings is 1. The van der Waals surface area contributed by atoms with Crippen LogP contribution in [0.4, 0.5) is 0 Å². The van der Waals surface area contributed by atoms with Gasteiger partial charge in [0, 0.05) is 63.7 Å². The Morgan fingerprint density at radius 1 is 1.12 bits per heavy atom. The van der Waals surface area contributed by atoms with Crippen molar-refractivity contribution in [1.29, 1.82) is 0 Å². The van der Waals surface area contributed by atoms with Gasteiger partial charge in [0.2, 0.25) is 0 Å². The number of H-pyrrole nitrogens is 1. The first-order valence-corrected chi connectivity index (χ1v) is 11.7. The number of ether oxygens (including phenoxy) is 1. The van der Waals surface area contributed by atoms with E-state index in [0.29, 0.717) is 42.7 Å². The summed E-state index contributed by atoms with van der Waals surface area (Å²) in [7, 11) is 0. The molecule has 3 aromatic rings. The fourth-order valence-corrected chi connectivity index (χ4v) is 4.61. The normalized spacial score (nSPS) is 16.1. The molecule has 2 aliphatic heterocycles. The molecule has 3 heterocycles. The number of aromatic nitrogens is 2. The summed E-state index contributed by atoms with van der Waals surface area (Å²) in [5, 5.41) is 21.2. The molecular weight excluding hydrogens is 434 g/mol. The fourth-order valence-electron chi connectivity index (χ4n) is 4.61. The number of amides is 1. The van der Waals surface area contributed by atoms with E-state index in [1.807, 2.05) is 18.2 Å². The second-order valence-electron chi connectivity index (χ2n) is 8.80. The lowest BCUT2D eigenvalue weighted by Crippen LogP contribution is -2.44. The zero-order chi connectivity index (χ0) is 23.7. The predicted molar refractivity (Wildman–Crippen MR) is 127 cm³/mol. The third kappa shape index (κ3) is 4.36. The van der Waals surface area contributed by atoms with Crippen molar-refractivity contribution in [3.05, 3.63) is 52.7 Å². The van der Waals surface area contributed by atoms with Gasteiger partial charge < -0.3 is 20.1 Å². The van der Waals surface area contributed by atoms with Gasteiger partial charge in [-0.05, 0) is 29.3 Å². The Balaban J connectivity index is 1.28.